The molecule has 90 valence electrons. The summed E-state index contributed by atoms with van der Waals surface area (Å²) in [5.41, 5.74) is 0. The van der Waals surface area contributed by atoms with E-state index in [-0.39, 0.29) is 5.92 Å². The van der Waals surface area contributed by atoms with Crippen LogP contribution in [0, 0.1) is 5.92 Å². The van der Waals surface area contributed by atoms with Crippen molar-refractivity contribution in [2.45, 2.75) is 13.0 Å². The van der Waals surface area contributed by atoms with E-state index in [4.69, 9.17) is 11.6 Å². The van der Waals surface area contributed by atoms with Crippen LogP contribution in [0.25, 0.3) is 0 Å². The first-order valence-electron chi connectivity index (χ1n) is 5.19. The molecule has 1 fully saturated rings. The summed E-state index contributed by atoms with van der Waals surface area (Å²) in [6.07, 6.45) is 0.792. The lowest BCUT2D eigenvalue weighted by molar-refractivity contribution is 0.522. The molecule has 1 N–H and O–H groups in total. The molecule has 2 heterocycles. The Labute approximate surface area is 105 Å². The quantitative estimate of drug-likeness (QED) is 0.916. The van der Waals surface area contributed by atoms with Crippen LogP contribution in [-0.4, -0.2) is 26.5 Å². The van der Waals surface area contributed by atoms with Crippen molar-refractivity contribution >= 4 is 32.8 Å². The third-order valence-electron chi connectivity index (χ3n) is 2.68. The molecule has 1 aliphatic rings. The van der Waals surface area contributed by atoms with Crippen LogP contribution in [-0.2, 0) is 16.4 Å². The van der Waals surface area contributed by atoms with E-state index < -0.39 is 9.84 Å². The monoisotopic (exact) mass is 279 g/mol. The van der Waals surface area contributed by atoms with Gasteiger partial charge < -0.3 is 5.32 Å². The van der Waals surface area contributed by atoms with Gasteiger partial charge in [0, 0.05) is 16.8 Å². The third-order valence-corrected chi connectivity index (χ3v) is 5.80. The van der Waals surface area contributed by atoms with E-state index in [0.717, 1.165) is 24.5 Å². The smallest absolute Gasteiger partial charge is 0.150 e. The second kappa shape index (κ2) is 5.04. The minimum atomic E-state index is -2.74. The SMILES string of the molecule is O=S1(=O)CCC(CNCc2cc(Cl)cs2)C1. The largest absolute Gasteiger partial charge is 0.312 e. The molecular formula is C10H14ClNO2S2. The summed E-state index contributed by atoms with van der Waals surface area (Å²) < 4.78 is 22.5. The Morgan fingerprint density at radius 2 is 2.38 bits per heavy atom. The van der Waals surface area contributed by atoms with Gasteiger partial charge in [0.15, 0.2) is 9.84 Å². The molecule has 2 rings (SSSR count). The number of halogens is 1. The standard InChI is InChI=1S/C10H14ClNO2S2/c11-9-3-10(15-6-9)5-12-4-8-1-2-16(13,14)7-8/h3,6,8,12H,1-2,4-5,7H2. The fourth-order valence-electron chi connectivity index (χ4n) is 1.88. The van der Waals surface area contributed by atoms with Crippen molar-refractivity contribution in [2.24, 2.45) is 5.92 Å². The van der Waals surface area contributed by atoms with Crippen molar-refractivity contribution < 1.29 is 8.42 Å². The number of hydrogen-bond acceptors (Lipinski definition) is 4. The van der Waals surface area contributed by atoms with Crippen molar-refractivity contribution in [2.75, 3.05) is 18.1 Å². The zero-order chi connectivity index (χ0) is 11.6. The zero-order valence-electron chi connectivity index (χ0n) is 8.78. The number of hydrogen-bond donors (Lipinski definition) is 1. The minimum Gasteiger partial charge on any atom is -0.312 e. The molecule has 0 amide bonds. The summed E-state index contributed by atoms with van der Waals surface area (Å²) in [6.45, 7) is 1.54. The Morgan fingerprint density at radius 3 is 2.94 bits per heavy atom. The fourth-order valence-corrected chi connectivity index (χ4v) is 4.78. The number of rotatable bonds is 4. The second-order valence-corrected chi connectivity index (χ2v) is 7.79. The van der Waals surface area contributed by atoms with Crippen LogP contribution in [0.1, 0.15) is 11.3 Å². The Kier molecular flexibility index (Phi) is 3.89. The molecular weight excluding hydrogens is 266 g/mol. The predicted molar refractivity (Wildman–Crippen MR) is 67.8 cm³/mol. The van der Waals surface area contributed by atoms with Gasteiger partial charge >= 0.3 is 0 Å². The van der Waals surface area contributed by atoms with E-state index in [9.17, 15) is 8.42 Å². The molecule has 1 aromatic rings. The van der Waals surface area contributed by atoms with Crippen LogP contribution >= 0.6 is 22.9 Å². The molecule has 0 aliphatic carbocycles. The van der Waals surface area contributed by atoms with Crippen LogP contribution in [0.4, 0.5) is 0 Å². The first kappa shape index (κ1) is 12.4. The zero-order valence-corrected chi connectivity index (χ0v) is 11.2. The summed E-state index contributed by atoms with van der Waals surface area (Å²) in [4.78, 5) is 1.19. The highest BCUT2D eigenvalue weighted by molar-refractivity contribution is 7.91. The maximum Gasteiger partial charge on any atom is 0.150 e. The Hall–Kier alpha value is -0.100. The molecule has 3 nitrogen and oxygen atoms in total. The second-order valence-electron chi connectivity index (χ2n) is 4.13. The lowest BCUT2D eigenvalue weighted by atomic mass is 10.1. The summed E-state index contributed by atoms with van der Waals surface area (Å²) in [6, 6.07) is 1.94. The molecule has 0 aromatic carbocycles. The molecule has 0 saturated carbocycles. The molecule has 1 aromatic heterocycles. The normalized spacial score (nSPS) is 23.7. The highest BCUT2D eigenvalue weighted by Gasteiger charge is 2.27. The molecule has 1 aliphatic heterocycles. The van der Waals surface area contributed by atoms with E-state index in [1.165, 1.54) is 4.88 Å². The topological polar surface area (TPSA) is 46.2 Å². The van der Waals surface area contributed by atoms with Gasteiger partial charge in [-0.1, -0.05) is 11.6 Å². The van der Waals surface area contributed by atoms with Crippen molar-refractivity contribution in [1.82, 2.24) is 5.32 Å². The lowest BCUT2D eigenvalue weighted by Gasteiger charge is -2.08. The van der Waals surface area contributed by atoms with Crippen LogP contribution in [0.3, 0.4) is 0 Å². The van der Waals surface area contributed by atoms with Gasteiger partial charge in [-0.3, -0.25) is 0 Å². The number of nitrogens with one attached hydrogen (secondary N) is 1. The van der Waals surface area contributed by atoms with Crippen molar-refractivity contribution in [3.05, 3.63) is 21.3 Å². The van der Waals surface area contributed by atoms with Crippen LogP contribution in [0.2, 0.25) is 5.02 Å². The molecule has 0 bridgehead atoms. The number of sulfone groups is 1. The summed E-state index contributed by atoms with van der Waals surface area (Å²) in [5.74, 6) is 0.968. The van der Waals surface area contributed by atoms with E-state index in [0.29, 0.717) is 11.5 Å². The Bertz CT molecular complexity index is 455. The average Bonchev–Trinajstić information content (AvgIpc) is 2.73. The lowest BCUT2D eigenvalue weighted by Crippen LogP contribution is -2.22. The van der Waals surface area contributed by atoms with E-state index in [1.54, 1.807) is 11.3 Å². The van der Waals surface area contributed by atoms with Gasteiger partial charge in [0.25, 0.3) is 0 Å². The van der Waals surface area contributed by atoms with Crippen LogP contribution in [0.5, 0.6) is 0 Å². The first-order valence-corrected chi connectivity index (χ1v) is 8.27. The maximum atomic E-state index is 11.2. The Balaban J connectivity index is 1.73. The third kappa shape index (κ3) is 3.45. The van der Waals surface area contributed by atoms with E-state index in [2.05, 4.69) is 5.32 Å². The fraction of sp³-hybridized carbons (Fsp3) is 0.600. The van der Waals surface area contributed by atoms with Gasteiger partial charge in [-0.15, -0.1) is 11.3 Å². The predicted octanol–water partition coefficient (Wildman–Crippen LogP) is 1.93. The highest BCUT2D eigenvalue weighted by Crippen LogP contribution is 2.20. The van der Waals surface area contributed by atoms with Crippen molar-refractivity contribution in [1.29, 1.82) is 0 Å². The molecule has 0 radical (unpaired) electrons. The molecule has 1 atom stereocenters. The molecule has 16 heavy (non-hydrogen) atoms. The summed E-state index contributed by atoms with van der Waals surface area (Å²) in [7, 11) is -2.74. The average molecular weight is 280 g/mol. The Morgan fingerprint density at radius 1 is 1.56 bits per heavy atom. The van der Waals surface area contributed by atoms with Gasteiger partial charge in [0.2, 0.25) is 0 Å². The molecule has 1 saturated heterocycles. The number of thiophene rings is 1. The van der Waals surface area contributed by atoms with Gasteiger partial charge in [0.1, 0.15) is 0 Å². The van der Waals surface area contributed by atoms with Crippen LogP contribution < -0.4 is 5.32 Å². The maximum absolute atomic E-state index is 11.2. The summed E-state index contributed by atoms with van der Waals surface area (Å²) >= 11 is 7.43. The minimum absolute atomic E-state index is 0.278. The van der Waals surface area contributed by atoms with Crippen molar-refractivity contribution in [3.8, 4) is 0 Å². The molecule has 1 unspecified atom stereocenters. The van der Waals surface area contributed by atoms with Gasteiger partial charge in [-0.2, -0.15) is 0 Å². The van der Waals surface area contributed by atoms with Crippen molar-refractivity contribution in [3.63, 3.8) is 0 Å². The van der Waals surface area contributed by atoms with Gasteiger partial charge in [-0.05, 0) is 24.9 Å². The summed E-state index contributed by atoms with van der Waals surface area (Å²) in [5, 5.41) is 5.95. The first-order chi connectivity index (χ1) is 7.55. The highest BCUT2D eigenvalue weighted by atomic mass is 35.5. The van der Waals surface area contributed by atoms with Gasteiger partial charge in [0.05, 0.1) is 16.5 Å². The van der Waals surface area contributed by atoms with E-state index >= 15 is 0 Å². The van der Waals surface area contributed by atoms with E-state index in [1.807, 2.05) is 11.4 Å². The molecule has 0 spiro atoms. The van der Waals surface area contributed by atoms with Crippen LogP contribution in [0.15, 0.2) is 11.4 Å². The molecule has 6 heteroatoms. The van der Waals surface area contributed by atoms with Gasteiger partial charge in [-0.25, -0.2) is 8.42 Å².